The van der Waals surface area contributed by atoms with E-state index in [1.165, 1.54) is 43.5 Å². The van der Waals surface area contributed by atoms with Gasteiger partial charge in [-0.15, -0.1) is 5.75 Å². The molecule has 1 N–H and O–H groups in total. The summed E-state index contributed by atoms with van der Waals surface area (Å²) in [4.78, 5) is -0.245. The van der Waals surface area contributed by atoms with Gasteiger partial charge in [0.1, 0.15) is 11.5 Å². The molecule has 142 valence electrons. The smallest absolute Gasteiger partial charge is 0.872 e. The molecule has 0 aliphatic heterocycles. The van der Waals surface area contributed by atoms with Crippen LogP contribution in [0.4, 0.5) is 0 Å². The molecule has 0 aliphatic rings. The first-order valence-electron chi connectivity index (χ1n) is 8.96. The van der Waals surface area contributed by atoms with Crippen molar-refractivity contribution in [2.24, 2.45) is 0 Å². The number of rotatable bonds is 10. The third-order valence-corrected chi connectivity index (χ3v) is 5.05. The fourth-order valence-electron chi connectivity index (χ4n) is 2.79. The number of hydrogen-bond donors (Lipinski definition) is 1. The van der Waals surface area contributed by atoms with Gasteiger partial charge in [0.25, 0.3) is 10.1 Å². The Morgan fingerprint density at radius 2 is 1.67 bits per heavy atom. The molecule has 0 saturated carbocycles. The molecule has 0 aromatic heterocycles. The molecular weight excluding hydrogens is 375 g/mol. The molecule has 0 saturated heterocycles. The van der Waals surface area contributed by atoms with Crippen LogP contribution in [0.2, 0.25) is 0 Å². The second-order valence-electron chi connectivity index (χ2n) is 6.30. The Morgan fingerprint density at radius 3 is 2.37 bits per heavy atom. The van der Waals surface area contributed by atoms with Crippen molar-refractivity contribution in [3.8, 4) is 17.2 Å². The van der Waals surface area contributed by atoms with E-state index in [-0.39, 0.29) is 46.0 Å². The first kappa shape index (κ1) is 24.0. The monoisotopic (exact) mass is 400 g/mol. The first-order chi connectivity index (χ1) is 12.4. The Morgan fingerprint density at radius 1 is 1.00 bits per heavy atom. The Kier molecular flexibility index (Phi) is 10.4. The SMILES string of the molecule is CCCCCCCCc1c([O-])cccc1Oc1cccc(S(=O)(=O)O)c1.[Na+]. The van der Waals surface area contributed by atoms with Gasteiger partial charge in [-0.3, -0.25) is 4.55 Å². The summed E-state index contributed by atoms with van der Waals surface area (Å²) in [6.45, 7) is 2.17. The van der Waals surface area contributed by atoms with Crippen LogP contribution in [0, 0.1) is 0 Å². The van der Waals surface area contributed by atoms with Gasteiger partial charge in [-0.25, -0.2) is 0 Å². The van der Waals surface area contributed by atoms with E-state index in [9.17, 15) is 13.5 Å². The van der Waals surface area contributed by atoms with E-state index in [2.05, 4.69) is 6.92 Å². The van der Waals surface area contributed by atoms with Gasteiger partial charge in [-0.1, -0.05) is 57.2 Å². The maximum absolute atomic E-state index is 12.2. The molecule has 2 aromatic carbocycles. The largest absolute Gasteiger partial charge is 1.00 e. The molecular formula is C20H25NaO5S. The molecule has 2 rings (SSSR count). The number of benzene rings is 2. The molecule has 0 amide bonds. The van der Waals surface area contributed by atoms with Gasteiger partial charge in [0.15, 0.2) is 0 Å². The molecule has 5 nitrogen and oxygen atoms in total. The Bertz CT molecular complexity index is 821. The van der Waals surface area contributed by atoms with Crippen LogP contribution in [-0.2, 0) is 16.5 Å². The van der Waals surface area contributed by atoms with Gasteiger partial charge in [-0.2, -0.15) is 8.42 Å². The van der Waals surface area contributed by atoms with Crippen molar-refractivity contribution in [2.75, 3.05) is 0 Å². The van der Waals surface area contributed by atoms with Gasteiger partial charge >= 0.3 is 29.6 Å². The van der Waals surface area contributed by atoms with Crippen LogP contribution in [-0.4, -0.2) is 13.0 Å². The predicted octanol–water partition coefficient (Wildman–Crippen LogP) is 1.71. The summed E-state index contributed by atoms with van der Waals surface area (Å²) in [5.74, 6) is 0.607. The zero-order chi connectivity index (χ0) is 19.0. The van der Waals surface area contributed by atoms with Crippen LogP contribution in [0.5, 0.6) is 17.2 Å². The van der Waals surface area contributed by atoms with Gasteiger partial charge in [0.05, 0.1) is 4.90 Å². The predicted molar refractivity (Wildman–Crippen MR) is 99.3 cm³/mol. The zero-order valence-electron chi connectivity index (χ0n) is 16.0. The number of hydrogen-bond acceptors (Lipinski definition) is 4. The molecule has 0 aliphatic carbocycles. The van der Waals surface area contributed by atoms with Crippen molar-refractivity contribution in [2.45, 2.75) is 56.8 Å². The molecule has 0 heterocycles. The molecule has 0 radical (unpaired) electrons. The molecule has 0 unspecified atom stereocenters. The zero-order valence-corrected chi connectivity index (χ0v) is 18.8. The van der Waals surface area contributed by atoms with Crippen molar-refractivity contribution < 1.29 is 52.4 Å². The quantitative estimate of drug-likeness (QED) is 0.373. The average molecular weight is 400 g/mol. The molecule has 0 spiro atoms. The molecule has 0 atom stereocenters. The summed E-state index contributed by atoms with van der Waals surface area (Å²) in [5.41, 5.74) is 0.597. The fraction of sp³-hybridized carbons (Fsp3) is 0.400. The normalized spacial score (nSPS) is 11.0. The minimum atomic E-state index is -4.30. The van der Waals surface area contributed by atoms with Crippen molar-refractivity contribution in [3.63, 3.8) is 0 Å². The minimum Gasteiger partial charge on any atom is -0.872 e. The van der Waals surface area contributed by atoms with Crippen LogP contribution in [0.15, 0.2) is 47.4 Å². The van der Waals surface area contributed by atoms with Crippen LogP contribution < -0.4 is 39.4 Å². The molecule has 27 heavy (non-hydrogen) atoms. The first-order valence-corrected chi connectivity index (χ1v) is 10.4. The van der Waals surface area contributed by atoms with Gasteiger partial charge in [-0.05, 0) is 36.6 Å². The van der Waals surface area contributed by atoms with Crippen LogP contribution >= 0.6 is 0 Å². The Hall–Kier alpha value is -1.05. The maximum Gasteiger partial charge on any atom is 1.00 e. The Labute approximate surface area is 183 Å². The number of ether oxygens (including phenoxy) is 1. The summed E-state index contributed by atoms with van der Waals surface area (Å²) in [7, 11) is -4.30. The summed E-state index contributed by atoms with van der Waals surface area (Å²) in [5, 5.41) is 12.2. The summed E-state index contributed by atoms with van der Waals surface area (Å²) in [6, 6.07) is 10.4. The van der Waals surface area contributed by atoms with Gasteiger partial charge in [0, 0.05) is 6.07 Å². The van der Waals surface area contributed by atoms with Crippen LogP contribution in [0.1, 0.15) is 51.0 Å². The van der Waals surface area contributed by atoms with Crippen molar-refractivity contribution in [1.29, 1.82) is 0 Å². The molecule has 2 aromatic rings. The third-order valence-electron chi connectivity index (χ3n) is 4.20. The summed E-state index contributed by atoms with van der Waals surface area (Å²) >= 11 is 0. The molecule has 0 fully saturated rings. The second-order valence-corrected chi connectivity index (χ2v) is 7.72. The van der Waals surface area contributed by atoms with Crippen molar-refractivity contribution in [1.82, 2.24) is 0 Å². The standard InChI is InChI=1S/C20H26O5S.Na/c1-2-3-4-5-6-7-12-18-19(21)13-9-14-20(18)25-16-10-8-11-17(15-16)26(22,23)24;/h8-11,13-15,21H,2-7,12H2,1H3,(H,22,23,24);/q;+1/p-1. The van der Waals surface area contributed by atoms with Crippen molar-refractivity contribution in [3.05, 3.63) is 48.0 Å². The van der Waals surface area contributed by atoms with E-state index in [4.69, 9.17) is 9.29 Å². The minimum absolute atomic E-state index is 0. The summed E-state index contributed by atoms with van der Waals surface area (Å²) in [6.07, 6.45) is 7.39. The number of unbranched alkanes of at least 4 members (excludes halogenated alkanes) is 5. The maximum atomic E-state index is 12.2. The molecule has 7 heteroatoms. The van der Waals surface area contributed by atoms with E-state index in [0.29, 0.717) is 17.7 Å². The van der Waals surface area contributed by atoms with Crippen LogP contribution in [0.25, 0.3) is 0 Å². The fourth-order valence-corrected chi connectivity index (χ4v) is 3.31. The second kappa shape index (κ2) is 11.7. The topological polar surface area (TPSA) is 86.7 Å². The van der Waals surface area contributed by atoms with E-state index < -0.39 is 10.1 Å². The van der Waals surface area contributed by atoms with E-state index in [1.54, 1.807) is 18.2 Å². The van der Waals surface area contributed by atoms with Crippen molar-refractivity contribution >= 4 is 10.1 Å². The summed E-state index contributed by atoms with van der Waals surface area (Å²) < 4.78 is 37.4. The van der Waals surface area contributed by atoms with Crippen LogP contribution in [0.3, 0.4) is 0 Å². The Balaban J connectivity index is 0.00000364. The average Bonchev–Trinajstić information content (AvgIpc) is 2.59. The van der Waals surface area contributed by atoms with E-state index in [0.717, 1.165) is 19.3 Å². The van der Waals surface area contributed by atoms with Gasteiger partial charge < -0.3 is 9.84 Å². The molecule has 0 bridgehead atoms. The van der Waals surface area contributed by atoms with E-state index >= 15 is 0 Å². The van der Waals surface area contributed by atoms with Gasteiger partial charge in [0.2, 0.25) is 0 Å². The van der Waals surface area contributed by atoms with E-state index in [1.807, 2.05) is 0 Å². The third kappa shape index (κ3) is 7.84.